The van der Waals surface area contributed by atoms with Crippen molar-refractivity contribution in [1.29, 1.82) is 0 Å². The highest BCUT2D eigenvalue weighted by atomic mass is 16.5. The minimum Gasteiger partial charge on any atom is -0.466 e. The molecule has 26 heavy (non-hydrogen) atoms. The fraction of sp³-hybridized carbons (Fsp3) is 0.800. The van der Waals surface area contributed by atoms with Crippen molar-refractivity contribution in [1.82, 2.24) is 0 Å². The summed E-state index contributed by atoms with van der Waals surface area (Å²) in [5.41, 5.74) is 1.32. The van der Waals surface area contributed by atoms with Crippen LogP contribution in [-0.4, -0.2) is 36.6 Å². The summed E-state index contributed by atoms with van der Waals surface area (Å²) in [6.07, 6.45) is 6.18. The predicted molar refractivity (Wildman–Crippen MR) is 101 cm³/mol. The number of hydrogen-bond donors (Lipinski definition) is 0. The first-order valence-corrected chi connectivity index (χ1v) is 9.78. The Bertz CT molecular complexity index is 523. The number of rotatable bonds is 5. The van der Waals surface area contributed by atoms with Crippen molar-refractivity contribution < 1.29 is 19.1 Å². The summed E-state index contributed by atoms with van der Waals surface area (Å²) in [4.78, 5) is 24.1. The Morgan fingerprint density at radius 3 is 1.35 bits per heavy atom. The molecule has 0 N–H and O–H groups in total. The second kappa shape index (κ2) is 8.78. The van der Waals surface area contributed by atoms with Crippen LogP contribution >= 0.6 is 0 Å². The fourth-order valence-corrected chi connectivity index (χ4v) is 3.54. The molecule has 6 heteroatoms. The molecule has 2 aliphatic rings. The zero-order chi connectivity index (χ0) is 19.2. The van der Waals surface area contributed by atoms with Gasteiger partial charge in [-0.15, -0.1) is 0 Å². The van der Waals surface area contributed by atoms with Crippen LogP contribution in [0.3, 0.4) is 0 Å². The van der Waals surface area contributed by atoms with Gasteiger partial charge >= 0.3 is 11.9 Å². The van der Waals surface area contributed by atoms with Gasteiger partial charge in [-0.2, -0.15) is 10.2 Å². The molecule has 2 aliphatic carbocycles. The molecule has 0 spiro atoms. The molecule has 0 unspecified atom stereocenters. The molecule has 2 rings (SSSR count). The lowest BCUT2D eigenvalue weighted by atomic mass is 9.75. The maximum absolute atomic E-state index is 12.1. The first kappa shape index (κ1) is 20.6. The van der Waals surface area contributed by atoms with Crippen molar-refractivity contribution in [2.75, 3.05) is 13.2 Å². The summed E-state index contributed by atoms with van der Waals surface area (Å²) in [5.74, 6) is -0.202. The van der Waals surface area contributed by atoms with Crippen LogP contribution in [0.1, 0.15) is 79.1 Å². The molecular formula is C20H32N2O4. The lowest BCUT2D eigenvalue weighted by Gasteiger charge is -2.32. The third-order valence-electron chi connectivity index (χ3n) is 5.73. The second-order valence-electron chi connectivity index (χ2n) is 7.89. The molecule has 0 bridgehead atoms. The van der Waals surface area contributed by atoms with Crippen molar-refractivity contribution in [2.24, 2.45) is 21.0 Å². The molecule has 0 heterocycles. The Morgan fingerprint density at radius 1 is 0.769 bits per heavy atom. The number of hydrogen-bond acceptors (Lipinski definition) is 6. The van der Waals surface area contributed by atoms with E-state index in [9.17, 15) is 9.59 Å². The Balaban J connectivity index is 1.87. The monoisotopic (exact) mass is 364 g/mol. The zero-order valence-electron chi connectivity index (χ0n) is 16.6. The van der Waals surface area contributed by atoms with E-state index in [1.807, 2.05) is 27.7 Å². The molecule has 0 aromatic carbocycles. The lowest BCUT2D eigenvalue weighted by molar-refractivity contribution is -0.156. The Hall–Kier alpha value is -1.72. The van der Waals surface area contributed by atoms with Gasteiger partial charge in [0.1, 0.15) is 0 Å². The zero-order valence-corrected chi connectivity index (χ0v) is 16.6. The molecular weight excluding hydrogens is 332 g/mol. The average Bonchev–Trinajstić information content (AvgIpc) is 2.63. The summed E-state index contributed by atoms with van der Waals surface area (Å²) >= 11 is 0. The minimum absolute atomic E-state index is 0.101. The normalized spacial score (nSPS) is 29.1. The van der Waals surface area contributed by atoms with Crippen LogP contribution in [0.5, 0.6) is 0 Å². The Morgan fingerprint density at radius 2 is 1.08 bits per heavy atom. The topological polar surface area (TPSA) is 77.3 Å². The molecule has 0 atom stereocenters. The molecule has 6 nitrogen and oxygen atoms in total. The summed E-state index contributed by atoms with van der Waals surface area (Å²) in [5, 5.41) is 8.89. The summed E-state index contributed by atoms with van der Waals surface area (Å²) in [6.45, 7) is 8.48. The van der Waals surface area contributed by atoms with E-state index in [1.165, 1.54) is 0 Å². The van der Waals surface area contributed by atoms with Gasteiger partial charge in [-0.25, -0.2) is 0 Å². The van der Waals surface area contributed by atoms with E-state index in [2.05, 4.69) is 10.2 Å². The smallest absolute Gasteiger partial charge is 0.311 e. The molecule has 2 saturated carbocycles. The third-order valence-corrected chi connectivity index (χ3v) is 5.73. The number of nitrogens with zero attached hydrogens (tertiary/aromatic N) is 2. The van der Waals surface area contributed by atoms with E-state index in [4.69, 9.17) is 9.47 Å². The van der Waals surface area contributed by atoms with E-state index in [-0.39, 0.29) is 11.9 Å². The first-order chi connectivity index (χ1) is 12.3. The van der Waals surface area contributed by atoms with Crippen LogP contribution in [0.2, 0.25) is 0 Å². The maximum Gasteiger partial charge on any atom is 0.311 e. The highest BCUT2D eigenvalue weighted by molar-refractivity contribution is 5.91. The van der Waals surface area contributed by atoms with Crippen molar-refractivity contribution >= 4 is 23.4 Å². The number of esters is 2. The van der Waals surface area contributed by atoms with Crippen molar-refractivity contribution in [3.8, 4) is 0 Å². The van der Waals surface area contributed by atoms with Crippen LogP contribution in [0, 0.1) is 10.8 Å². The van der Waals surface area contributed by atoms with E-state index < -0.39 is 10.8 Å². The Labute approximate surface area is 156 Å². The van der Waals surface area contributed by atoms with Gasteiger partial charge in [0, 0.05) is 11.4 Å². The van der Waals surface area contributed by atoms with Gasteiger partial charge in [0.2, 0.25) is 0 Å². The molecule has 0 aliphatic heterocycles. The highest BCUT2D eigenvalue weighted by Crippen LogP contribution is 2.37. The average molecular weight is 364 g/mol. The van der Waals surface area contributed by atoms with Gasteiger partial charge in [0.05, 0.1) is 24.0 Å². The second-order valence-corrected chi connectivity index (χ2v) is 7.89. The molecule has 0 aromatic rings. The van der Waals surface area contributed by atoms with E-state index in [0.717, 1.165) is 62.8 Å². The fourth-order valence-electron chi connectivity index (χ4n) is 3.54. The SMILES string of the molecule is CCOC(=O)C1(C)CCC(=NN=C2CCC(C)(C(=O)OCC)CC2)CC1. The molecule has 146 valence electrons. The number of carbonyl (C=O) groups excluding carboxylic acids is 2. The highest BCUT2D eigenvalue weighted by Gasteiger charge is 2.39. The van der Waals surface area contributed by atoms with Crippen LogP contribution in [0.4, 0.5) is 0 Å². The lowest BCUT2D eigenvalue weighted by Crippen LogP contribution is -2.34. The van der Waals surface area contributed by atoms with Crippen molar-refractivity contribution in [2.45, 2.75) is 79.1 Å². The standard InChI is InChI=1S/C20H32N2O4/c1-5-25-17(23)19(3)11-7-15(8-12-19)21-22-16-9-13-20(4,14-10-16)18(24)26-6-2/h5-14H2,1-4H3. The van der Waals surface area contributed by atoms with Crippen molar-refractivity contribution in [3.63, 3.8) is 0 Å². The van der Waals surface area contributed by atoms with Crippen LogP contribution < -0.4 is 0 Å². The van der Waals surface area contributed by atoms with Crippen molar-refractivity contribution in [3.05, 3.63) is 0 Å². The van der Waals surface area contributed by atoms with Crippen LogP contribution in [0.15, 0.2) is 10.2 Å². The van der Waals surface area contributed by atoms with Gasteiger partial charge in [0.15, 0.2) is 0 Å². The minimum atomic E-state index is -0.394. The van der Waals surface area contributed by atoms with Gasteiger partial charge in [-0.1, -0.05) is 0 Å². The summed E-state index contributed by atoms with van der Waals surface area (Å²) < 4.78 is 10.4. The van der Waals surface area contributed by atoms with Gasteiger partial charge in [-0.3, -0.25) is 9.59 Å². The number of carbonyl (C=O) groups is 2. The van der Waals surface area contributed by atoms with E-state index in [0.29, 0.717) is 13.2 Å². The molecule has 0 radical (unpaired) electrons. The molecule has 2 fully saturated rings. The third kappa shape index (κ3) is 4.92. The van der Waals surface area contributed by atoms with Gasteiger partial charge in [0.25, 0.3) is 0 Å². The van der Waals surface area contributed by atoms with Crippen LogP contribution in [0.25, 0.3) is 0 Å². The molecule has 0 saturated heterocycles. The number of ether oxygens (including phenoxy) is 2. The first-order valence-electron chi connectivity index (χ1n) is 9.78. The van der Waals surface area contributed by atoms with E-state index in [1.54, 1.807) is 0 Å². The largest absolute Gasteiger partial charge is 0.466 e. The van der Waals surface area contributed by atoms with Crippen LogP contribution in [-0.2, 0) is 19.1 Å². The quantitative estimate of drug-likeness (QED) is 0.544. The Kier molecular flexibility index (Phi) is 6.95. The summed E-state index contributed by atoms with van der Waals surface area (Å²) in [7, 11) is 0. The maximum atomic E-state index is 12.1. The molecule has 0 amide bonds. The van der Waals surface area contributed by atoms with Gasteiger partial charge < -0.3 is 9.47 Å². The molecule has 0 aromatic heterocycles. The van der Waals surface area contributed by atoms with Gasteiger partial charge in [-0.05, 0) is 79.1 Å². The van der Waals surface area contributed by atoms with E-state index >= 15 is 0 Å². The predicted octanol–water partition coefficient (Wildman–Crippen LogP) is 4.07. The summed E-state index contributed by atoms with van der Waals surface area (Å²) in [6, 6.07) is 0.